The number of nitrogens with one attached hydrogen (secondary N) is 1. The Labute approximate surface area is 164 Å². The summed E-state index contributed by atoms with van der Waals surface area (Å²) in [6.07, 6.45) is 6.24. The molecular weight excluding hydrogens is 378 g/mol. The van der Waals surface area contributed by atoms with Gasteiger partial charge in [0.1, 0.15) is 11.5 Å². The summed E-state index contributed by atoms with van der Waals surface area (Å²) in [7, 11) is 3.66. The lowest BCUT2D eigenvalue weighted by molar-refractivity contribution is 0.103. The number of aromatic amines is 1. The molecule has 0 saturated heterocycles. The van der Waals surface area contributed by atoms with Crippen LogP contribution in [-0.2, 0) is 0 Å². The molecule has 146 valence electrons. The standard InChI is InChI=1S/C20H16F2N6O/c1-28(2)20-26-7-11(8-27-20)10-5-12-13(9-25-19(12)24-6-10)18(29)16-14(21)3-4-15(23)17(16)22/h3-9H,23H2,1-2H3,(H,24,25). The number of rotatable bonds is 4. The molecule has 0 radical (unpaired) electrons. The number of ketones is 1. The Bertz CT molecular complexity index is 1230. The Kier molecular flexibility index (Phi) is 4.42. The fourth-order valence-corrected chi connectivity index (χ4v) is 2.96. The summed E-state index contributed by atoms with van der Waals surface area (Å²) in [5, 5.41) is 0.422. The van der Waals surface area contributed by atoms with Gasteiger partial charge in [-0.2, -0.15) is 0 Å². The van der Waals surface area contributed by atoms with E-state index in [1.165, 1.54) is 6.20 Å². The van der Waals surface area contributed by atoms with Crippen molar-refractivity contribution in [2.75, 3.05) is 24.7 Å². The summed E-state index contributed by atoms with van der Waals surface area (Å²) >= 11 is 0. The second-order valence-corrected chi connectivity index (χ2v) is 6.64. The molecule has 3 N–H and O–H groups in total. The maximum absolute atomic E-state index is 14.3. The molecule has 0 aliphatic rings. The van der Waals surface area contributed by atoms with E-state index in [0.29, 0.717) is 28.1 Å². The summed E-state index contributed by atoms with van der Waals surface area (Å²) in [6, 6.07) is 3.74. The molecule has 0 fully saturated rings. The molecule has 1 aromatic carbocycles. The van der Waals surface area contributed by atoms with Gasteiger partial charge in [0.05, 0.1) is 11.3 Å². The van der Waals surface area contributed by atoms with Crippen molar-refractivity contribution in [1.29, 1.82) is 0 Å². The molecule has 3 aromatic heterocycles. The molecule has 4 aromatic rings. The summed E-state index contributed by atoms with van der Waals surface area (Å²) in [6.45, 7) is 0. The molecule has 0 spiro atoms. The van der Waals surface area contributed by atoms with Crippen molar-refractivity contribution >= 4 is 28.5 Å². The maximum atomic E-state index is 14.3. The lowest BCUT2D eigenvalue weighted by atomic mass is 10.0. The van der Waals surface area contributed by atoms with Crippen molar-refractivity contribution in [3.05, 3.63) is 65.7 Å². The number of aromatic nitrogens is 4. The fraction of sp³-hybridized carbons (Fsp3) is 0.100. The number of carbonyl (C=O) groups excluding carboxylic acids is 1. The summed E-state index contributed by atoms with van der Waals surface area (Å²) < 4.78 is 28.5. The van der Waals surface area contributed by atoms with E-state index in [-0.39, 0.29) is 11.3 Å². The highest BCUT2D eigenvalue weighted by molar-refractivity contribution is 6.16. The van der Waals surface area contributed by atoms with E-state index in [4.69, 9.17) is 5.73 Å². The predicted octanol–water partition coefficient (Wildman–Crippen LogP) is 3.18. The molecule has 29 heavy (non-hydrogen) atoms. The number of pyridine rings is 1. The van der Waals surface area contributed by atoms with Crippen LogP contribution in [0.25, 0.3) is 22.2 Å². The van der Waals surface area contributed by atoms with Crippen LogP contribution in [0.2, 0.25) is 0 Å². The third-order valence-corrected chi connectivity index (χ3v) is 4.50. The Hall–Kier alpha value is -3.88. The van der Waals surface area contributed by atoms with Crippen LogP contribution in [0, 0.1) is 11.6 Å². The minimum Gasteiger partial charge on any atom is -0.396 e. The first-order valence-corrected chi connectivity index (χ1v) is 8.62. The number of nitrogens with zero attached hydrogens (tertiary/aromatic N) is 4. The van der Waals surface area contributed by atoms with Crippen LogP contribution < -0.4 is 10.6 Å². The quantitative estimate of drug-likeness (QED) is 0.407. The number of hydrogen-bond acceptors (Lipinski definition) is 6. The monoisotopic (exact) mass is 394 g/mol. The third kappa shape index (κ3) is 3.16. The predicted molar refractivity (Wildman–Crippen MR) is 106 cm³/mol. The zero-order chi connectivity index (χ0) is 20.7. The number of hydrogen-bond donors (Lipinski definition) is 2. The second-order valence-electron chi connectivity index (χ2n) is 6.64. The van der Waals surface area contributed by atoms with Gasteiger partial charge in [-0.25, -0.2) is 23.7 Å². The molecule has 0 unspecified atom stereocenters. The molecular formula is C20H16F2N6O. The number of benzene rings is 1. The number of fused-ring (bicyclic) bond motifs is 1. The number of halogens is 2. The van der Waals surface area contributed by atoms with Gasteiger partial charge in [0.15, 0.2) is 5.82 Å². The highest BCUT2D eigenvalue weighted by Gasteiger charge is 2.24. The molecule has 7 nitrogen and oxygen atoms in total. The SMILES string of the molecule is CN(C)c1ncc(-c2cnc3[nH]cc(C(=O)c4c(F)ccc(N)c4F)c3c2)cn1. The smallest absolute Gasteiger partial charge is 0.224 e. The number of nitrogen functional groups attached to an aromatic ring is 1. The van der Waals surface area contributed by atoms with E-state index in [2.05, 4.69) is 19.9 Å². The lowest BCUT2D eigenvalue weighted by Crippen LogP contribution is -2.12. The fourth-order valence-electron chi connectivity index (χ4n) is 2.96. The average Bonchev–Trinajstić information content (AvgIpc) is 3.14. The Morgan fingerprint density at radius 1 is 1.07 bits per heavy atom. The molecule has 4 rings (SSSR count). The summed E-state index contributed by atoms with van der Waals surface area (Å²) in [4.78, 5) is 30.3. The Morgan fingerprint density at radius 2 is 1.76 bits per heavy atom. The molecule has 3 heterocycles. The van der Waals surface area contributed by atoms with Crippen molar-refractivity contribution in [3.8, 4) is 11.1 Å². The zero-order valence-electron chi connectivity index (χ0n) is 15.6. The van der Waals surface area contributed by atoms with Crippen LogP contribution in [0.4, 0.5) is 20.4 Å². The van der Waals surface area contributed by atoms with E-state index in [1.54, 1.807) is 29.6 Å². The molecule has 0 atom stereocenters. The molecule has 0 aliphatic heterocycles. The summed E-state index contributed by atoms with van der Waals surface area (Å²) in [5.74, 6) is -2.33. The maximum Gasteiger partial charge on any atom is 0.224 e. The summed E-state index contributed by atoms with van der Waals surface area (Å²) in [5.41, 5.74) is 6.34. The molecule has 0 saturated carbocycles. The van der Waals surface area contributed by atoms with Crippen molar-refractivity contribution in [2.45, 2.75) is 0 Å². The highest BCUT2D eigenvalue weighted by Crippen LogP contribution is 2.28. The van der Waals surface area contributed by atoms with Gasteiger partial charge in [-0.1, -0.05) is 0 Å². The van der Waals surface area contributed by atoms with Crippen LogP contribution in [0.5, 0.6) is 0 Å². The first-order chi connectivity index (χ1) is 13.9. The van der Waals surface area contributed by atoms with Gasteiger partial charge in [-0.3, -0.25) is 4.79 Å². The van der Waals surface area contributed by atoms with Gasteiger partial charge < -0.3 is 15.6 Å². The van der Waals surface area contributed by atoms with Crippen molar-refractivity contribution < 1.29 is 13.6 Å². The number of H-pyrrole nitrogens is 1. The Morgan fingerprint density at radius 3 is 2.45 bits per heavy atom. The molecule has 0 aliphatic carbocycles. The van der Waals surface area contributed by atoms with Gasteiger partial charge in [-0.05, 0) is 18.2 Å². The van der Waals surface area contributed by atoms with Gasteiger partial charge in [0.2, 0.25) is 11.7 Å². The molecule has 9 heteroatoms. The topological polar surface area (TPSA) is 101 Å². The molecule has 0 bridgehead atoms. The number of anilines is 2. The van der Waals surface area contributed by atoms with E-state index in [1.807, 2.05) is 14.1 Å². The van der Waals surface area contributed by atoms with E-state index in [0.717, 1.165) is 12.1 Å². The highest BCUT2D eigenvalue weighted by atomic mass is 19.1. The third-order valence-electron chi connectivity index (χ3n) is 4.50. The van der Waals surface area contributed by atoms with Crippen molar-refractivity contribution in [3.63, 3.8) is 0 Å². The van der Waals surface area contributed by atoms with Crippen LogP contribution in [0.3, 0.4) is 0 Å². The number of nitrogens with two attached hydrogens (primary N) is 1. The minimum atomic E-state index is -1.08. The van der Waals surface area contributed by atoms with Crippen molar-refractivity contribution in [1.82, 2.24) is 19.9 Å². The van der Waals surface area contributed by atoms with Crippen LogP contribution in [-0.4, -0.2) is 39.8 Å². The van der Waals surface area contributed by atoms with E-state index >= 15 is 0 Å². The van der Waals surface area contributed by atoms with Gasteiger partial charge in [-0.15, -0.1) is 0 Å². The number of carbonyl (C=O) groups is 1. The van der Waals surface area contributed by atoms with E-state index in [9.17, 15) is 13.6 Å². The first kappa shape index (κ1) is 18.5. The first-order valence-electron chi connectivity index (χ1n) is 8.62. The van der Waals surface area contributed by atoms with Gasteiger partial charge in [0.25, 0.3) is 0 Å². The van der Waals surface area contributed by atoms with E-state index < -0.39 is 23.0 Å². The normalized spacial score (nSPS) is 11.0. The van der Waals surface area contributed by atoms with Gasteiger partial charge in [0, 0.05) is 61.0 Å². The lowest BCUT2D eigenvalue weighted by Gasteiger charge is -2.10. The Balaban J connectivity index is 1.80. The van der Waals surface area contributed by atoms with Gasteiger partial charge >= 0.3 is 0 Å². The van der Waals surface area contributed by atoms with Crippen molar-refractivity contribution in [2.24, 2.45) is 0 Å². The largest absolute Gasteiger partial charge is 0.396 e. The van der Waals surface area contributed by atoms with Crippen LogP contribution in [0.15, 0.2) is 43.0 Å². The van der Waals surface area contributed by atoms with Crippen LogP contribution in [0.1, 0.15) is 15.9 Å². The van der Waals surface area contributed by atoms with Crippen LogP contribution >= 0.6 is 0 Å². The second kappa shape index (κ2) is 6.93. The molecule has 0 amide bonds. The minimum absolute atomic E-state index is 0.0866. The average molecular weight is 394 g/mol. The zero-order valence-corrected chi connectivity index (χ0v) is 15.6.